The van der Waals surface area contributed by atoms with Crippen LogP contribution in [0.2, 0.25) is 5.02 Å². The average Bonchev–Trinajstić information content (AvgIpc) is 2.67. The summed E-state index contributed by atoms with van der Waals surface area (Å²) < 4.78 is 0. The molecule has 0 spiro atoms. The van der Waals surface area contributed by atoms with Crippen LogP contribution in [0.4, 0.5) is 11.5 Å². The van der Waals surface area contributed by atoms with Gasteiger partial charge in [-0.15, -0.1) is 0 Å². The molecule has 1 aromatic carbocycles. The third-order valence-corrected chi connectivity index (χ3v) is 5.49. The number of rotatable bonds is 2. The van der Waals surface area contributed by atoms with E-state index in [0.717, 1.165) is 55.5 Å². The number of hydrogen-bond donors (Lipinski definition) is 0. The van der Waals surface area contributed by atoms with Gasteiger partial charge >= 0.3 is 0 Å². The molecule has 2 heterocycles. The van der Waals surface area contributed by atoms with E-state index in [1.54, 1.807) is 0 Å². The molecule has 1 fully saturated rings. The van der Waals surface area contributed by atoms with Crippen molar-refractivity contribution in [1.82, 2.24) is 4.98 Å². The number of aromatic nitrogens is 1. The molecule has 0 saturated carbocycles. The van der Waals surface area contributed by atoms with Crippen LogP contribution in [0.5, 0.6) is 0 Å². The molecule has 1 aliphatic heterocycles. The summed E-state index contributed by atoms with van der Waals surface area (Å²) in [6.07, 6.45) is 4.49. The summed E-state index contributed by atoms with van der Waals surface area (Å²) in [6, 6.07) is 12.4. The molecule has 4 nitrogen and oxygen atoms in total. The van der Waals surface area contributed by atoms with Crippen molar-refractivity contribution in [1.29, 1.82) is 5.26 Å². The van der Waals surface area contributed by atoms with Crippen LogP contribution in [-0.2, 0) is 12.8 Å². The molecule has 0 radical (unpaired) electrons. The Morgan fingerprint density at radius 1 is 1.00 bits per heavy atom. The van der Waals surface area contributed by atoms with Gasteiger partial charge in [0, 0.05) is 31.9 Å². The van der Waals surface area contributed by atoms with Crippen molar-refractivity contribution in [3.8, 4) is 6.07 Å². The molecule has 0 atom stereocenters. The number of nitriles is 1. The van der Waals surface area contributed by atoms with Gasteiger partial charge in [0.25, 0.3) is 0 Å². The number of hydrogen-bond acceptors (Lipinski definition) is 4. The van der Waals surface area contributed by atoms with E-state index >= 15 is 0 Å². The van der Waals surface area contributed by atoms with Crippen molar-refractivity contribution in [3.05, 3.63) is 52.2 Å². The van der Waals surface area contributed by atoms with E-state index in [1.165, 1.54) is 24.1 Å². The van der Waals surface area contributed by atoms with Crippen LogP contribution in [0, 0.1) is 11.3 Å². The molecule has 0 unspecified atom stereocenters. The molecule has 128 valence electrons. The van der Waals surface area contributed by atoms with Crippen LogP contribution < -0.4 is 9.80 Å². The normalized spacial score (nSPS) is 17.1. The zero-order valence-electron chi connectivity index (χ0n) is 14.2. The highest BCUT2D eigenvalue weighted by atomic mass is 35.5. The average molecular weight is 353 g/mol. The third-order valence-electron chi connectivity index (χ3n) is 5.17. The Labute approximate surface area is 153 Å². The number of para-hydroxylation sites is 1. The number of anilines is 2. The quantitative estimate of drug-likeness (QED) is 0.824. The summed E-state index contributed by atoms with van der Waals surface area (Å²) in [5.74, 6) is 0.863. The van der Waals surface area contributed by atoms with Gasteiger partial charge < -0.3 is 9.80 Å². The lowest BCUT2D eigenvalue weighted by Gasteiger charge is -2.37. The zero-order valence-corrected chi connectivity index (χ0v) is 15.0. The van der Waals surface area contributed by atoms with Crippen LogP contribution in [-0.4, -0.2) is 31.2 Å². The third kappa shape index (κ3) is 3.17. The van der Waals surface area contributed by atoms with Crippen LogP contribution >= 0.6 is 11.6 Å². The van der Waals surface area contributed by atoms with Gasteiger partial charge in [-0.05, 0) is 49.4 Å². The van der Waals surface area contributed by atoms with Crippen molar-refractivity contribution < 1.29 is 0 Å². The smallest absolute Gasteiger partial charge is 0.146 e. The number of aryl methyl sites for hydroxylation is 2. The Morgan fingerprint density at radius 3 is 2.48 bits per heavy atom. The first kappa shape index (κ1) is 16.2. The second kappa shape index (κ2) is 6.93. The van der Waals surface area contributed by atoms with E-state index in [2.05, 4.69) is 28.0 Å². The molecule has 5 heteroatoms. The summed E-state index contributed by atoms with van der Waals surface area (Å²) in [6.45, 7) is 3.47. The monoisotopic (exact) mass is 352 g/mol. The zero-order chi connectivity index (χ0) is 17.2. The summed E-state index contributed by atoms with van der Waals surface area (Å²) >= 11 is 6.33. The first-order valence-corrected chi connectivity index (χ1v) is 9.31. The van der Waals surface area contributed by atoms with Crippen molar-refractivity contribution in [3.63, 3.8) is 0 Å². The standard InChI is InChI=1S/C20H21ClN4/c21-17-6-2-4-8-19(17)24-9-11-25(12-10-24)20-16(14-22)13-15-5-1-3-7-18(15)23-20/h2,4,6,8,13H,1,3,5,7,9-12H2. The minimum Gasteiger partial charge on any atom is -0.367 e. The second-order valence-electron chi connectivity index (χ2n) is 6.71. The lowest BCUT2D eigenvalue weighted by Crippen LogP contribution is -2.47. The fourth-order valence-corrected chi connectivity index (χ4v) is 4.07. The predicted molar refractivity (Wildman–Crippen MR) is 101 cm³/mol. The first-order valence-electron chi connectivity index (χ1n) is 8.93. The summed E-state index contributed by atoms with van der Waals surface area (Å²) in [7, 11) is 0. The lowest BCUT2D eigenvalue weighted by atomic mass is 9.95. The van der Waals surface area contributed by atoms with Crippen LogP contribution in [0.25, 0.3) is 0 Å². The molecule has 0 N–H and O–H groups in total. The molecular formula is C20H21ClN4. The van der Waals surface area contributed by atoms with Crippen molar-refractivity contribution in [2.75, 3.05) is 36.0 Å². The molecule has 0 amide bonds. The molecule has 4 rings (SSSR count). The summed E-state index contributed by atoms with van der Waals surface area (Å²) in [4.78, 5) is 9.44. The Morgan fingerprint density at radius 2 is 1.72 bits per heavy atom. The van der Waals surface area contributed by atoms with Crippen LogP contribution in [0.1, 0.15) is 29.7 Å². The minimum absolute atomic E-state index is 0.715. The van der Waals surface area contributed by atoms with E-state index < -0.39 is 0 Å². The van der Waals surface area contributed by atoms with Crippen molar-refractivity contribution >= 4 is 23.1 Å². The molecule has 1 saturated heterocycles. The van der Waals surface area contributed by atoms with Gasteiger partial charge in [0.2, 0.25) is 0 Å². The van der Waals surface area contributed by atoms with E-state index in [0.29, 0.717) is 5.56 Å². The first-order chi connectivity index (χ1) is 12.3. The minimum atomic E-state index is 0.715. The molecular weight excluding hydrogens is 332 g/mol. The maximum absolute atomic E-state index is 9.57. The number of nitrogens with zero attached hydrogens (tertiary/aromatic N) is 4. The van der Waals surface area contributed by atoms with Gasteiger partial charge in [0.05, 0.1) is 16.3 Å². The summed E-state index contributed by atoms with van der Waals surface area (Å²) in [5, 5.41) is 10.4. The van der Waals surface area contributed by atoms with Gasteiger partial charge in [-0.3, -0.25) is 0 Å². The van der Waals surface area contributed by atoms with Crippen molar-refractivity contribution in [2.45, 2.75) is 25.7 Å². The highest BCUT2D eigenvalue weighted by Gasteiger charge is 2.23. The Balaban J connectivity index is 1.55. The van der Waals surface area contributed by atoms with E-state index in [9.17, 15) is 5.26 Å². The fraction of sp³-hybridized carbons (Fsp3) is 0.400. The molecule has 2 aliphatic rings. The second-order valence-corrected chi connectivity index (χ2v) is 7.12. The van der Waals surface area contributed by atoms with Gasteiger partial charge in [0.15, 0.2) is 0 Å². The molecule has 1 aliphatic carbocycles. The Bertz CT molecular complexity index is 819. The van der Waals surface area contributed by atoms with E-state index in [4.69, 9.17) is 16.6 Å². The summed E-state index contributed by atoms with van der Waals surface area (Å²) in [5.41, 5.74) is 4.25. The van der Waals surface area contributed by atoms with Gasteiger partial charge in [-0.1, -0.05) is 23.7 Å². The Hall–Kier alpha value is -2.25. The number of halogens is 1. The topological polar surface area (TPSA) is 43.2 Å². The number of piperazine rings is 1. The maximum atomic E-state index is 9.57. The van der Waals surface area contributed by atoms with Gasteiger partial charge in [0.1, 0.15) is 11.9 Å². The van der Waals surface area contributed by atoms with Gasteiger partial charge in [-0.2, -0.15) is 5.26 Å². The molecule has 1 aromatic heterocycles. The maximum Gasteiger partial charge on any atom is 0.146 e. The fourth-order valence-electron chi connectivity index (χ4n) is 3.81. The number of pyridine rings is 1. The largest absolute Gasteiger partial charge is 0.367 e. The van der Waals surface area contributed by atoms with Crippen LogP contribution in [0.3, 0.4) is 0 Å². The number of fused-ring (bicyclic) bond motifs is 1. The molecule has 0 bridgehead atoms. The van der Waals surface area contributed by atoms with E-state index in [-0.39, 0.29) is 0 Å². The Kier molecular flexibility index (Phi) is 4.50. The predicted octanol–water partition coefficient (Wildman–Crippen LogP) is 3.81. The number of benzene rings is 1. The SMILES string of the molecule is N#Cc1cc2c(nc1N1CCN(c3ccccc3Cl)CC1)CCCC2. The highest BCUT2D eigenvalue weighted by Crippen LogP contribution is 2.29. The lowest BCUT2D eigenvalue weighted by molar-refractivity contribution is 0.634. The molecule has 25 heavy (non-hydrogen) atoms. The van der Waals surface area contributed by atoms with Crippen LogP contribution in [0.15, 0.2) is 30.3 Å². The molecule has 2 aromatic rings. The van der Waals surface area contributed by atoms with Crippen molar-refractivity contribution in [2.24, 2.45) is 0 Å². The highest BCUT2D eigenvalue weighted by molar-refractivity contribution is 6.33. The van der Waals surface area contributed by atoms with E-state index in [1.807, 2.05) is 18.2 Å². The van der Waals surface area contributed by atoms with Gasteiger partial charge in [-0.25, -0.2) is 4.98 Å².